The summed E-state index contributed by atoms with van der Waals surface area (Å²) in [6.45, 7) is 3.23. The summed E-state index contributed by atoms with van der Waals surface area (Å²) in [5, 5.41) is 6.12. The van der Waals surface area contributed by atoms with Crippen LogP contribution in [-0.4, -0.2) is 19.1 Å². The van der Waals surface area contributed by atoms with E-state index in [9.17, 15) is 4.79 Å². The number of hydrogen-bond acceptors (Lipinski definition) is 4. The minimum absolute atomic E-state index is 0.0544. The Morgan fingerprint density at radius 1 is 1.56 bits per heavy atom. The molecule has 5 heteroatoms. The molecule has 0 radical (unpaired) electrons. The largest absolute Gasteiger partial charge is 0.482 e. The van der Waals surface area contributed by atoms with E-state index in [1.165, 1.54) is 6.42 Å². The summed E-state index contributed by atoms with van der Waals surface area (Å²) in [5.74, 6) is 2.05. The number of carbonyl (C=O) groups is 1. The second-order valence-electron chi connectivity index (χ2n) is 5.13. The molecule has 1 amide bonds. The van der Waals surface area contributed by atoms with Crippen LogP contribution in [-0.2, 0) is 4.79 Å². The van der Waals surface area contributed by atoms with Crippen molar-refractivity contribution in [3.05, 3.63) is 12.1 Å². The van der Waals surface area contributed by atoms with Crippen molar-refractivity contribution in [2.45, 2.75) is 13.3 Å². The Hall–Kier alpha value is -1.91. The fourth-order valence-corrected chi connectivity index (χ4v) is 2.22. The monoisotopic (exact) mass is 247 g/mol. The van der Waals surface area contributed by atoms with Gasteiger partial charge >= 0.3 is 0 Å². The molecular weight excluding hydrogens is 230 g/mol. The average molecular weight is 247 g/mol. The fraction of sp³-hybridized carbons (Fsp3) is 0.462. The Bertz CT molecular complexity index is 501. The molecule has 18 heavy (non-hydrogen) atoms. The lowest BCUT2D eigenvalue weighted by Crippen LogP contribution is -2.25. The predicted octanol–water partition coefficient (Wildman–Crippen LogP) is 1.67. The highest BCUT2D eigenvalue weighted by Gasteiger charge is 2.32. The molecule has 2 unspecified atom stereocenters. The number of fused-ring (bicyclic) bond motifs is 1. The lowest BCUT2D eigenvalue weighted by atomic mass is 10.2. The van der Waals surface area contributed by atoms with E-state index in [1.807, 2.05) is 6.07 Å². The summed E-state index contributed by atoms with van der Waals surface area (Å²) >= 11 is 0. The number of benzene rings is 1. The number of hydrogen-bond donors (Lipinski definition) is 3. The first-order chi connectivity index (χ1) is 8.63. The van der Waals surface area contributed by atoms with Crippen LogP contribution in [0.2, 0.25) is 0 Å². The summed E-state index contributed by atoms with van der Waals surface area (Å²) in [6.07, 6.45) is 1.28. The quantitative estimate of drug-likeness (QED) is 0.710. The van der Waals surface area contributed by atoms with Gasteiger partial charge in [0.25, 0.3) is 5.91 Å². The Morgan fingerprint density at radius 2 is 2.33 bits per heavy atom. The van der Waals surface area contributed by atoms with E-state index in [0.717, 1.165) is 24.1 Å². The molecule has 0 spiro atoms. The minimum Gasteiger partial charge on any atom is -0.482 e. The molecule has 96 valence electrons. The Kier molecular flexibility index (Phi) is 2.54. The van der Waals surface area contributed by atoms with Crippen LogP contribution < -0.4 is 21.1 Å². The van der Waals surface area contributed by atoms with Gasteiger partial charge in [-0.05, 0) is 24.3 Å². The normalized spacial score (nSPS) is 24.8. The third kappa shape index (κ3) is 2.08. The van der Waals surface area contributed by atoms with Gasteiger partial charge in [0.15, 0.2) is 6.61 Å². The lowest BCUT2D eigenvalue weighted by molar-refractivity contribution is -0.118. The number of nitrogen functional groups attached to an aromatic ring is 1. The smallest absolute Gasteiger partial charge is 0.262 e. The van der Waals surface area contributed by atoms with Crippen LogP contribution in [0.25, 0.3) is 0 Å². The summed E-state index contributed by atoms with van der Waals surface area (Å²) in [6, 6.07) is 3.60. The van der Waals surface area contributed by atoms with E-state index >= 15 is 0 Å². The molecule has 2 atom stereocenters. The van der Waals surface area contributed by atoms with E-state index in [-0.39, 0.29) is 12.5 Å². The zero-order chi connectivity index (χ0) is 12.7. The highest BCUT2D eigenvalue weighted by atomic mass is 16.5. The molecule has 1 aromatic carbocycles. The molecule has 0 aromatic heterocycles. The van der Waals surface area contributed by atoms with Crippen LogP contribution >= 0.6 is 0 Å². The summed E-state index contributed by atoms with van der Waals surface area (Å²) < 4.78 is 5.31. The molecule has 0 bridgehead atoms. The van der Waals surface area contributed by atoms with Gasteiger partial charge in [-0.25, -0.2) is 0 Å². The second-order valence-corrected chi connectivity index (χ2v) is 5.13. The predicted molar refractivity (Wildman–Crippen MR) is 70.7 cm³/mol. The maximum atomic E-state index is 11.3. The van der Waals surface area contributed by atoms with Gasteiger partial charge in [-0.2, -0.15) is 0 Å². The molecule has 1 saturated carbocycles. The number of amides is 1. The number of anilines is 3. The highest BCUT2D eigenvalue weighted by Crippen LogP contribution is 2.39. The van der Waals surface area contributed by atoms with E-state index in [2.05, 4.69) is 17.6 Å². The molecular formula is C13H17N3O2. The Balaban J connectivity index is 1.77. The van der Waals surface area contributed by atoms with Gasteiger partial charge in [0, 0.05) is 12.6 Å². The standard InChI is InChI=1S/C13H17N3O2/c1-7-2-8(7)5-15-10-4-11-12(3-9(10)14)18-6-13(17)16-11/h3-4,7-8,15H,2,5-6,14H2,1H3,(H,16,17). The Morgan fingerprint density at radius 3 is 3.06 bits per heavy atom. The van der Waals surface area contributed by atoms with Gasteiger partial charge in [-0.3, -0.25) is 4.79 Å². The molecule has 1 heterocycles. The fourth-order valence-electron chi connectivity index (χ4n) is 2.22. The topological polar surface area (TPSA) is 76.4 Å². The third-order valence-electron chi connectivity index (χ3n) is 3.62. The zero-order valence-corrected chi connectivity index (χ0v) is 10.3. The molecule has 5 nitrogen and oxygen atoms in total. The van der Waals surface area contributed by atoms with Gasteiger partial charge in [-0.1, -0.05) is 6.92 Å². The van der Waals surface area contributed by atoms with Gasteiger partial charge in [0.05, 0.1) is 17.1 Å². The maximum Gasteiger partial charge on any atom is 0.262 e. The molecule has 0 saturated heterocycles. The first kappa shape index (κ1) is 11.2. The minimum atomic E-state index is -0.131. The van der Waals surface area contributed by atoms with Gasteiger partial charge < -0.3 is 21.1 Å². The van der Waals surface area contributed by atoms with Crippen molar-refractivity contribution in [1.82, 2.24) is 0 Å². The average Bonchev–Trinajstić information content (AvgIpc) is 3.03. The van der Waals surface area contributed by atoms with Crippen molar-refractivity contribution >= 4 is 23.0 Å². The molecule has 1 aliphatic heterocycles. The summed E-state index contributed by atoms with van der Waals surface area (Å²) in [4.78, 5) is 11.3. The number of carbonyl (C=O) groups excluding carboxylic acids is 1. The van der Waals surface area contributed by atoms with Crippen LogP contribution in [0.4, 0.5) is 17.1 Å². The van der Waals surface area contributed by atoms with Crippen LogP contribution in [0, 0.1) is 11.8 Å². The van der Waals surface area contributed by atoms with E-state index in [0.29, 0.717) is 17.1 Å². The molecule has 1 aliphatic carbocycles. The van der Waals surface area contributed by atoms with Crippen molar-refractivity contribution in [2.24, 2.45) is 11.8 Å². The van der Waals surface area contributed by atoms with Gasteiger partial charge in [0.1, 0.15) is 5.75 Å². The number of nitrogens with one attached hydrogen (secondary N) is 2. The maximum absolute atomic E-state index is 11.3. The molecule has 1 fully saturated rings. The van der Waals surface area contributed by atoms with Crippen molar-refractivity contribution in [3.63, 3.8) is 0 Å². The summed E-state index contributed by atoms with van der Waals surface area (Å²) in [5.41, 5.74) is 8.16. The molecule has 4 N–H and O–H groups in total. The van der Waals surface area contributed by atoms with Crippen molar-refractivity contribution in [3.8, 4) is 5.75 Å². The van der Waals surface area contributed by atoms with Gasteiger partial charge in [0.2, 0.25) is 0 Å². The second kappa shape index (κ2) is 4.08. The first-order valence-corrected chi connectivity index (χ1v) is 6.23. The number of rotatable bonds is 3. The van der Waals surface area contributed by atoms with Crippen LogP contribution in [0.15, 0.2) is 12.1 Å². The number of ether oxygens (including phenoxy) is 1. The third-order valence-corrected chi connectivity index (χ3v) is 3.62. The highest BCUT2D eigenvalue weighted by molar-refractivity contribution is 5.97. The van der Waals surface area contributed by atoms with Crippen molar-refractivity contribution in [1.29, 1.82) is 0 Å². The van der Waals surface area contributed by atoms with Crippen LogP contribution in [0.5, 0.6) is 5.75 Å². The van der Waals surface area contributed by atoms with Crippen LogP contribution in [0.1, 0.15) is 13.3 Å². The number of nitrogens with two attached hydrogens (primary N) is 1. The summed E-state index contributed by atoms with van der Waals surface area (Å²) in [7, 11) is 0. The van der Waals surface area contributed by atoms with E-state index in [4.69, 9.17) is 10.5 Å². The molecule has 3 rings (SSSR count). The SMILES string of the molecule is CC1CC1CNc1cc2c(cc1N)OCC(=O)N2. The van der Waals surface area contributed by atoms with E-state index in [1.54, 1.807) is 6.07 Å². The molecule has 2 aliphatic rings. The first-order valence-electron chi connectivity index (χ1n) is 6.23. The van der Waals surface area contributed by atoms with Crippen molar-refractivity contribution in [2.75, 3.05) is 29.5 Å². The van der Waals surface area contributed by atoms with Gasteiger partial charge in [-0.15, -0.1) is 0 Å². The zero-order valence-electron chi connectivity index (χ0n) is 10.3. The lowest BCUT2D eigenvalue weighted by Gasteiger charge is -2.20. The van der Waals surface area contributed by atoms with E-state index < -0.39 is 0 Å². The molecule has 1 aromatic rings. The van der Waals surface area contributed by atoms with Crippen LogP contribution in [0.3, 0.4) is 0 Å². The van der Waals surface area contributed by atoms with Crippen molar-refractivity contribution < 1.29 is 9.53 Å². The Labute approximate surface area is 106 Å².